The number of rotatable bonds is 2. The van der Waals surface area contributed by atoms with Crippen LogP contribution in [0.4, 0.5) is 0 Å². The van der Waals surface area contributed by atoms with Gasteiger partial charge in [-0.05, 0) is 18.1 Å². The Morgan fingerprint density at radius 3 is 2.87 bits per heavy atom. The molecule has 0 aromatic carbocycles. The fourth-order valence-corrected chi connectivity index (χ4v) is 0.908. The summed E-state index contributed by atoms with van der Waals surface area (Å²) in [5.74, 6) is -1.11. The highest BCUT2D eigenvalue weighted by Crippen LogP contribution is 2.01. The standard InChI is InChI=1S/C9H12N4O2/c1-2-6-3-4-7(12-5-6)8(14)15-13-9(10)11/h3-5H,2H2,1H3,(H4,10,11,13). The molecule has 0 atom stereocenters. The highest BCUT2D eigenvalue weighted by Gasteiger charge is 2.08. The van der Waals surface area contributed by atoms with Crippen molar-refractivity contribution < 1.29 is 9.63 Å². The number of hydrogen-bond acceptors (Lipinski definition) is 4. The van der Waals surface area contributed by atoms with E-state index in [0.29, 0.717) is 0 Å². The Bertz CT molecular complexity index is 361. The van der Waals surface area contributed by atoms with E-state index in [4.69, 9.17) is 11.1 Å². The first-order valence-corrected chi connectivity index (χ1v) is 4.39. The van der Waals surface area contributed by atoms with E-state index in [2.05, 4.69) is 9.82 Å². The molecule has 0 saturated heterocycles. The Hall–Kier alpha value is -2.11. The maximum atomic E-state index is 11.2. The van der Waals surface area contributed by atoms with Crippen LogP contribution in [0.2, 0.25) is 0 Å². The fourth-order valence-electron chi connectivity index (χ4n) is 0.908. The van der Waals surface area contributed by atoms with Crippen molar-refractivity contribution in [3.63, 3.8) is 0 Å². The van der Waals surface area contributed by atoms with Crippen molar-refractivity contribution in [1.82, 2.24) is 10.5 Å². The predicted octanol–water partition coefficient (Wildman–Crippen LogP) is 0.199. The first-order chi connectivity index (χ1) is 7.13. The van der Waals surface area contributed by atoms with E-state index in [1.165, 1.54) is 0 Å². The second-order valence-electron chi connectivity index (χ2n) is 2.81. The molecule has 0 aliphatic heterocycles. The molecular formula is C9H12N4O2. The normalized spacial score (nSPS) is 9.40. The second kappa shape index (κ2) is 4.94. The molecule has 0 fully saturated rings. The quantitative estimate of drug-likeness (QED) is 0.366. The van der Waals surface area contributed by atoms with Gasteiger partial charge in [0.2, 0.25) is 5.96 Å². The van der Waals surface area contributed by atoms with Gasteiger partial charge in [-0.25, -0.2) is 9.78 Å². The van der Waals surface area contributed by atoms with Crippen molar-refractivity contribution in [3.8, 4) is 0 Å². The lowest BCUT2D eigenvalue weighted by atomic mass is 10.2. The number of hydrogen-bond donors (Lipinski definition) is 3. The van der Waals surface area contributed by atoms with Crippen LogP contribution >= 0.6 is 0 Å². The zero-order valence-electron chi connectivity index (χ0n) is 8.28. The summed E-state index contributed by atoms with van der Waals surface area (Å²) in [7, 11) is 0. The molecule has 0 spiro atoms. The third-order valence-electron chi connectivity index (χ3n) is 1.70. The molecule has 0 aliphatic carbocycles. The number of aromatic nitrogens is 1. The zero-order valence-corrected chi connectivity index (χ0v) is 8.28. The first kappa shape index (κ1) is 11.0. The number of pyridine rings is 1. The van der Waals surface area contributed by atoms with E-state index in [-0.39, 0.29) is 5.69 Å². The maximum Gasteiger partial charge on any atom is 0.381 e. The van der Waals surface area contributed by atoms with Crippen molar-refractivity contribution >= 4 is 11.9 Å². The molecule has 0 radical (unpaired) electrons. The molecule has 4 N–H and O–H groups in total. The van der Waals surface area contributed by atoms with Crippen molar-refractivity contribution in [2.45, 2.75) is 13.3 Å². The summed E-state index contributed by atoms with van der Waals surface area (Å²) in [6.45, 7) is 1.99. The molecule has 0 unspecified atom stereocenters. The molecule has 0 amide bonds. The number of nitrogens with one attached hydrogen (secondary N) is 2. The maximum absolute atomic E-state index is 11.2. The number of aryl methyl sites for hydroxylation is 1. The third kappa shape index (κ3) is 3.26. The van der Waals surface area contributed by atoms with E-state index in [1.807, 2.05) is 12.4 Å². The van der Waals surface area contributed by atoms with Crippen LogP contribution in [0.25, 0.3) is 0 Å². The van der Waals surface area contributed by atoms with Crippen LogP contribution in [0, 0.1) is 5.41 Å². The van der Waals surface area contributed by atoms with E-state index < -0.39 is 11.9 Å². The zero-order chi connectivity index (χ0) is 11.3. The predicted molar refractivity (Wildman–Crippen MR) is 54.1 cm³/mol. The Labute approximate surface area is 86.9 Å². The Morgan fingerprint density at radius 1 is 1.67 bits per heavy atom. The van der Waals surface area contributed by atoms with Crippen molar-refractivity contribution in [2.24, 2.45) is 5.73 Å². The number of nitrogens with two attached hydrogens (primary N) is 1. The summed E-state index contributed by atoms with van der Waals surface area (Å²) in [6, 6.07) is 3.35. The van der Waals surface area contributed by atoms with Crippen LogP contribution in [0.1, 0.15) is 23.0 Å². The minimum atomic E-state index is -0.673. The van der Waals surface area contributed by atoms with Crippen LogP contribution in [0.3, 0.4) is 0 Å². The van der Waals surface area contributed by atoms with Crippen molar-refractivity contribution in [1.29, 1.82) is 5.41 Å². The molecule has 0 saturated carbocycles. The highest BCUT2D eigenvalue weighted by atomic mass is 16.7. The molecule has 0 aliphatic rings. The third-order valence-corrected chi connectivity index (χ3v) is 1.70. The Kier molecular flexibility index (Phi) is 3.61. The van der Waals surface area contributed by atoms with Gasteiger partial charge >= 0.3 is 5.97 Å². The lowest BCUT2D eigenvalue weighted by molar-refractivity contribution is 0.0375. The summed E-state index contributed by atoms with van der Waals surface area (Å²) >= 11 is 0. The number of nitrogens with zero attached hydrogens (tertiary/aromatic N) is 1. The molecule has 80 valence electrons. The van der Waals surface area contributed by atoms with Crippen LogP contribution in [-0.4, -0.2) is 16.9 Å². The smallest absolute Gasteiger partial charge is 0.368 e. The van der Waals surface area contributed by atoms with Gasteiger partial charge in [0.25, 0.3) is 0 Å². The van der Waals surface area contributed by atoms with Crippen LogP contribution in [0.5, 0.6) is 0 Å². The summed E-state index contributed by atoms with van der Waals surface area (Å²) in [5.41, 5.74) is 8.08. The van der Waals surface area contributed by atoms with E-state index in [9.17, 15) is 4.79 Å². The van der Waals surface area contributed by atoms with Crippen molar-refractivity contribution in [3.05, 3.63) is 29.6 Å². The van der Waals surface area contributed by atoms with Gasteiger partial charge in [-0.3, -0.25) is 5.41 Å². The Balaban J connectivity index is 2.62. The lowest BCUT2D eigenvalue weighted by Gasteiger charge is -2.03. The van der Waals surface area contributed by atoms with E-state index in [1.54, 1.807) is 18.3 Å². The average Bonchev–Trinajstić information content (AvgIpc) is 2.26. The van der Waals surface area contributed by atoms with Gasteiger partial charge in [-0.15, -0.1) is 0 Å². The summed E-state index contributed by atoms with van der Waals surface area (Å²) in [6.07, 6.45) is 2.46. The molecule has 1 heterocycles. The molecule has 15 heavy (non-hydrogen) atoms. The average molecular weight is 208 g/mol. The SMILES string of the molecule is CCc1ccc(C(=O)ONC(=N)N)nc1. The van der Waals surface area contributed by atoms with Crippen LogP contribution < -0.4 is 11.2 Å². The Morgan fingerprint density at radius 2 is 2.40 bits per heavy atom. The largest absolute Gasteiger partial charge is 0.381 e. The highest BCUT2D eigenvalue weighted by molar-refractivity contribution is 5.88. The summed E-state index contributed by atoms with van der Waals surface area (Å²) < 4.78 is 0. The number of hydroxylamine groups is 1. The monoisotopic (exact) mass is 208 g/mol. The minimum Gasteiger partial charge on any atom is -0.368 e. The van der Waals surface area contributed by atoms with E-state index in [0.717, 1.165) is 12.0 Å². The van der Waals surface area contributed by atoms with Gasteiger partial charge < -0.3 is 10.6 Å². The van der Waals surface area contributed by atoms with Gasteiger partial charge in [0.15, 0.2) is 5.69 Å². The van der Waals surface area contributed by atoms with Gasteiger partial charge in [0.05, 0.1) is 0 Å². The number of guanidine groups is 1. The van der Waals surface area contributed by atoms with Crippen LogP contribution in [-0.2, 0) is 11.3 Å². The van der Waals surface area contributed by atoms with Gasteiger partial charge in [-0.1, -0.05) is 13.0 Å². The molecule has 6 heteroatoms. The topological polar surface area (TPSA) is 101 Å². The van der Waals surface area contributed by atoms with Gasteiger partial charge in [0.1, 0.15) is 0 Å². The molecule has 1 rings (SSSR count). The molecule has 1 aromatic rings. The van der Waals surface area contributed by atoms with Crippen LogP contribution in [0.15, 0.2) is 18.3 Å². The van der Waals surface area contributed by atoms with Gasteiger partial charge in [-0.2, -0.15) is 5.48 Å². The number of carbonyl (C=O) groups is 1. The summed E-state index contributed by atoms with van der Waals surface area (Å²) in [4.78, 5) is 19.6. The second-order valence-corrected chi connectivity index (χ2v) is 2.81. The lowest BCUT2D eigenvalue weighted by Crippen LogP contribution is -2.32. The van der Waals surface area contributed by atoms with Gasteiger partial charge in [0, 0.05) is 6.20 Å². The first-order valence-electron chi connectivity index (χ1n) is 4.39. The fraction of sp³-hybridized carbons (Fsp3) is 0.222. The molecule has 6 nitrogen and oxygen atoms in total. The van der Waals surface area contributed by atoms with Crippen molar-refractivity contribution in [2.75, 3.05) is 0 Å². The van der Waals surface area contributed by atoms with E-state index >= 15 is 0 Å². The molecular weight excluding hydrogens is 196 g/mol. The number of carbonyl (C=O) groups excluding carboxylic acids is 1. The molecule has 0 bridgehead atoms. The minimum absolute atomic E-state index is 0.168. The molecule has 1 aromatic heterocycles. The summed E-state index contributed by atoms with van der Waals surface area (Å²) in [5, 5.41) is 6.78.